The molecule has 0 bridgehead atoms. The van der Waals surface area contributed by atoms with Crippen LogP contribution in [0.15, 0.2) is 53.5 Å². The van der Waals surface area contributed by atoms with Crippen molar-refractivity contribution in [3.8, 4) is 0 Å². The maximum atomic E-state index is 12.5. The molecule has 1 aliphatic rings. The van der Waals surface area contributed by atoms with E-state index >= 15 is 0 Å². The topological polar surface area (TPSA) is 109 Å². The lowest BCUT2D eigenvalue weighted by atomic mass is 9.91. The summed E-state index contributed by atoms with van der Waals surface area (Å²) in [5.41, 5.74) is 3.23. The van der Waals surface area contributed by atoms with Crippen LogP contribution in [0.5, 0.6) is 0 Å². The smallest absolute Gasteiger partial charge is 0.264 e. The first kappa shape index (κ1) is 21.1. The Morgan fingerprint density at radius 2 is 1.90 bits per heavy atom. The number of amides is 1. The van der Waals surface area contributed by atoms with Gasteiger partial charge in [-0.05, 0) is 25.0 Å². The Labute approximate surface area is 169 Å². The number of benzene rings is 1. The highest BCUT2D eigenvalue weighted by Gasteiger charge is 2.43. The summed E-state index contributed by atoms with van der Waals surface area (Å²) in [6.07, 6.45) is 2.39. The lowest BCUT2D eigenvalue weighted by Gasteiger charge is -2.41. The van der Waals surface area contributed by atoms with E-state index in [-0.39, 0.29) is 18.5 Å². The Balaban J connectivity index is 1.68. The van der Waals surface area contributed by atoms with Crippen molar-refractivity contribution in [1.82, 2.24) is 10.0 Å². The van der Waals surface area contributed by atoms with Crippen molar-refractivity contribution in [2.24, 2.45) is 0 Å². The van der Waals surface area contributed by atoms with Gasteiger partial charge in [-0.25, -0.2) is 13.9 Å². The second-order valence-corrected chi connectivity index (χ2v) is 10.1. The van der Waals surface area contributed by atoms with Crippen molar-refractivity contribution in [2.75, 3.05) is 24.2 Å². The first-order chi connectivity index (χ1) is 13.7. The van der Waals surface area contributed by atoms with E-state index in [1.807, 2.05) is 24.3 Å². The van der Waals surface area contributed by atoms with E-state index < -0.39 is 20.5 Å². The number of pyridine rings is 1. The van der Waals surface area contributed by atoms with E-state index in [0.29, 0.717) is 5.92 Å². The number of aromatic nitrogens is 1. The number of carbonyl (C=O) groups is 1. The molecule has 29 heavy (non-hydrogen) atoms. The van der Waals surface area contributed by atoms with Gasteiger partial charge in [-0.1, -0.05) is 30.3 Å². The molecule has 2 N–H and O–H groups in total. The van der Waals surface area contributed by atoms with Gasteiger partial charge in [-0.3, -0.25) is 14.8 Å². The van der Waals surface area contributed by atoms with Crippen LogP contribution < -0.4 is 15.9 Å². The highest BCUT2D eigenvalue weighted by Crippen LogP contribution is 2.30. The number of nitrogens with zero attached hydrogens (tertiary/aromatic N) is 2. The summed E-state index contributed by atoms with van der Waals surface area (Å²) >= 11 is 0. The maximum Gasteiger partial charge on any atom is 0.264 e. The number of aryl methyl sites for hydroxylation is 1. The molecule has 2 heterocycles. The summed E-state index contributed by atoms with van der Waals surface area (Å²) in [5, 5.41) is 8.88. The molecule has 0 aliphatic carbocycles. The third-order valence-corrected chi connectivity index (χ3v) is 7.75. The molecule has 1 fully saturated rings. The fourth-order valence-corrected chi connectivity index (χ4v) is 4.27. The van der Waals surface area contributed by atoms with Gasteiger partial charge in [-0.2, -0.15) is 0 Å². The predicted octanol–water partition coefficient (Wildman–Crippen LogP) is 1.15. The van der Waals surface area contributed by atoms with Crippen molar-refractivity contribution >= 4 is 21.4 Å². The summed E-state index contributed by atoms with van der Waals surface area (Å²) in [7, 11) is -3.80. The zero-order valence-electron chi connectivity index (χ0n) is 16.4. The van der Waals surface area contributed by atoms with E-state index in [0.717, 1.165) is 25.0 Å². The van der Waals surface area contributed by atoms with Gasteiger partial charge in [0.15, 0.2) is 14.6 Å². The minimum absolute atomic E-state index is 0.0305. The first-order valence-electron chi connectivity index (χ1n) is 9.30. The molecule has 1 aliphatic heterocycles. The molecular formula is C20H25N3O5S. The highest BCUT2D eigenvalue weighted by molar-refractivity contribution is 7.92. The third-order valence-electron chi connectivity index (χ3n) is 5.73. The molecule has 1 aromatic heterocycles. The monoisotopic (exact) mass is 419 g/mol. The Morgan fingerprint density at radius 1 is 1.24 bits per heavy atom. The fourth-order valence-electron chi connectivity index (χ4n) is 3.42. The molecule has 0 spiro atoms. The molecule has 9 heteroatoms. The molecule has 2 aromatic rings. The zero-order chi connectivity index (χ0) is 21.2. The minimum atomic E-state index is -3.80. The van der Waals surface area contributed by atoms with E-state index in [2.05, 4.69) is 17.0 Å². The van der Waals surface area contributed by atoms with Crippen molar-refractivity contribution in [1.29, 1.82) is 0 Å². The number of sulfone groups is 1. The lowest BCUT2D eigenvalue weighted by molar-refractivity contribution is -0.131. The van der Waals surface area contributed by atoms with Gasteiger partial charge in [0.25, 0.3) is 11.5 Å². The summed E-state index contributed by atoms with van der Waals surface area (Å²) in [4.78, 5) is 26.5. The van der Waals surface area contributed by atoms with Crippen molar-refractivity contribution < 1.29 is 18.4 Å². The molecule has 1 unspecified atom stereocenters. The second kappa shape index (κ2) is 8.00. The largest absolute Gasteiger partial charge is 0.370 e. The normalized spacial score (nSPS) is 16.7. The Kier molecular flexibility index (Phi) is 5.81. The second-order valence-electron chi connectivity index (χ2n) is 7.62. The predicted molar refractivity (Wildman–Crippen MR) is 110 cm³/mol. The Bertz CT molecular complexity index is 1050. The van der Waals surface area contributed by atoms with Crippen molar-refractivity contribution in [2.45, 2.75) is 30.6 Å². The van der Waals surface area contributed by atoms with E-state index in [1.165, 1.54) is 28.6 Å². The average molecular weight is 420 g/mol. The first-order valence-corrected chi connectivity index (χ1v) is 11.2. The number of anilines is 1. The summed E-state index contributed by atoms with van der Waals surface area (Å²) in [6, 6.07) is 13.5. The summed E-state index contributed by atoms with van der Waals surface area (Å²) < 4.78 is 23.6. The van der Waals surface area contributed by atoms with Crippen molar-refractivity contribution in [3.63, 3.8) is 0 Å². The molecule has 3 rings (SSSR count). The van der Waals surface area contributed by atoms with Crippen LogP contribution in [0.25, 0.3) is 0 Å². The summed E-state index contributed by atoms with van der Waals surface area (Å²) in [6.45, 7) is 2.92. The van der Waals surface area contributed by atoms with Gasteiger partial charge >= 0.3 is 0 Å². The van der Waals surface area contributed by atoms with Crippen LogP contribution in [0.4, 0.5) is 5.69 Å². The quantitative estimate of drug-likeness (QED) is 0.515. The molecule has 1 aromatic carbocycles. The molecule has 1 atom stereocenters. The Hall–Kier alpha value is -2.65. The number of nitrogens with one attached hydrogen (secondary N) is 1. The lowest BCUT2D eigenvalue weighted by Crippen LogP contribution is -2.50. The maximum absolute atomic E-state index is 12.5. The number of hydrogen-bond acceptors (Lipinski definition) is 6. The van der Waals surface area contributed by atoms with Crippen LogP contribution in [-0.2, 0) is 21.2 Å². The number of hydroxylamine groups is 1. The molecule has 1 amide bonds. The average Bonchev–Trinajstić information content (AvgIpc) is 2.65. The number of carbonyl (C=O) groups excluding carboxylic acids is 1. The molecular weight excluding hydrogens is 394 g/mol. The fraction of sp³-hybridized carbons (Fsp3) is 0.400. The van der Waals surface area contributed by atoms with E-state index in [1.54, 1.807) is 6.20 Å². The van der Waals surface area contributed by atoms with Crippen LogP contribution in [0.2, 0.25) is 0 Å². The molecule has 0 radical (unpaired) electrons. The summed E-state index contributed by atoms with van der Waals surface area (Å²) in [5.74, 6) is -0.580. The van der Waals surface area contributed by atoms with Crippen LogP contribution in [-0.4, -0.2) is 48.2 Å². The SMILES string of the molecule is CC(CCn1ccc(N2CC(c3ccccc3)C2)cc1=O)(C(=O)NO)S(C)(=O)=O. The van der Waals surface area contributed by atoms with Gasteiger partial charge in [0.05, 0.1) is 0 Å². The van der Waals surface area contributed by atoms with Crippen molar-refractivity contribution in [3.05, 3.63) is 64.6 Å². The molecule has 0 saturated carbocycles. The molecule has 8 nitrogen and oxygen atoms in total. The number of hydrogen-bond donors (Lipinski definition) is 2. The van der Waals surface area contributed by atoms with Crippen LogP contribution in [0, 0.1) is 0 Å². The molecule has 1 saturated heterocycles. The van der Waals surface area contributed by atoms with Crippen LogP contribution in [0.1, 0.15) is 24.8 Å². The van der Waals surface area contributed by atoms with E-state index in [4.69, 9.17) is 5.21 Å². The van der Waals surface area contributed by atoms with Crippen LogP contribution >= 0.6 is 0 Å². The van der Waals surface area contributed by atoms with Gasteiger partial charge < -0.3 is 9.47 Å². The van der Waals surface area contributed by atoms with Gasteiger partial charge in [0, 0.05) is 49.8 Å². The van der Waals surface area contributed by atoms with Gasteiger partial charge in [0.1, 0.15) is 0 Å². The van der Waals surface area contributed by atoms with Gasteiger partial charge in [0.2, 0.25) is 0 Å². The Morgan fingerprint density at radius 3 is 2.45 bits per heavy atom. The minimum Gasteiger partial charge on any atom is -0.370 e. The molecule has 156 valence electrons. The van der Waals surface area contributed by atoms with Gasteiger partial charge in [-0.15, -0.1) is 0 Å². The number of rotatable bonds is 7. The zero-order valence-corrected chi connectivity index (χ0v) is 17.2. The highest BCUT2D eigenvalue weighted by atomic mass is 32.2. The standard InChI is InChI=1S/C20H25N3O5S/c1-20(19(25)21-26,29(2,27)28)9-11-22-10-8-17(12-18(22)24)23-13-16(14-23)15-6-4-3-5-7-15/h3-8,10,12,16,26H,9,11,13-14H2,1-2H3,(H,21,25). The van der Waals surface area contributed by atoms with E-state index in [9.17, 15) is 18.0 Å². The third kappa shape index (κ3) is 4.20. The van der Waals surface area contributed by atoms with Crippen LogP contribution in [0.3, 0.4) is 0 Å².